The van der Waals surface area contributed by atoms with Gasteiger partial charge in [0.05, 0.1) is 5.02 Å². The number of hydrazine groups is 1. The average molecular weight is 511 g/mol. The van der Waals surface area contributed by atoms with E-state index in [1.165, 1.54) is 30.5 Å². The van der Waals surface area contributed by atoms with Gasteiger partial charge in [-0.15, -0.1) is 0 Å². The van der Waals surface area contributed by atoms with Crippen molar-refractivity contribution >= 4 is 35.0 Å². The van der Waals surface area contributed by atoms with Crippen LogP contribution in [0.5, 0.6) is 0 Å². The van der Waals surface area contributed by atoms with E-state index in [-0.39, 0.29) is 33.5 Å². The summed E-state index contributed by atoms with van der Waals surface area (Å²) in [6, 6.07) is 6.36. The molecule has 0 unspecified atom stereocenters. The molecule has 0 bridgehead atoms. The highest BCUT2D eigenvalue weighted by Crippen LogP contribution is 2.25. The highest BCUT2D eigenvalue weighted by atomic mass is 35.5. The average Bonchev–Trinajstić information content (AvgIpc) is 2.79. The van der Waals surface area contributed by atoms with Crippen molar-refractivity contribution in [1.29, 1.82) is 0 Å². The molecule has 0 atom stereocenters. The normalized spacial score (nSPS) is 12.5. The van der Waals surface area contributed by atoms with E-state index in [0.29, 0.717) is 16.8 Å². The Balaban J connectivity index is 2.43. The van der Waals surface area contributed by atoms with E-state index in [1.54, 1.807) is 0 Å². The SMILES string of the molecule is C=C(/N=C\C(=C(/N)N(N)/C=C\C(=C)C(F)(F)F)c1ccnc(C(=O)O)c1)Nc1ccc(F)c(Cl)c1. The van der Waals surface area contributed by atoms with Crippen molar-refractivity contribution in [1.82, 2.24) is 9.99 Å². The molecule has 0 saturated carbocycles. The Morgan fingerprint density at radius 1 is 1.26 bits per heavy atom. The van der Waals surface area contributed by atoms with Crippen molar-refractivity contribution in [2.45, 2.75) is 6.18 Å². The first-order chi connectivity index (χ1) is 16.3. The van der Waals surface area contributed by atoms with Gasteiger partial charge in [0.1, 0.15) is 23.2 Å². The number of halogens is 5. The number of hydrogen-bond donors (Lipinski definition) is 4. The zero-order valence-corrected chi connectivity index (χ0v) is 18.6. The van der Waals surface area contributed by atoms with Crippen LogP contribution in [0.3, 0.4) is 0 Å². The number of aromatic nitrogens is 1. The molecular formula is C22H19ClF4N6O2. The first-order valence-electron chi connectivity index (χ1n) is 9.42. The molecule has 13 heteroatoms. The lowest BCUT2D eigenvalue weighted by molar-refractivity contribution is -0.0878. The molecule has 0 radical (unpaired) electrons. The third-order valence-electron chi connectivity index (χ3n) is 4.20. The van der Waals surface area contributed by atoms with E-state index in [0.717, 1.165) is 18.5 Å². The van der Waals surface area contributed by atoms with Crippen LogP contribution in [0.15, 0.2) is 84.2 Å². The van der Waals surface area contributed by atoms with Crippen molar-refractivity contribution in [2.75, 3.05) is 5.32 Å². The fourth-order valence-electron chi connectivity index (χ4n) is 2.40. The predicted molar refractivity (Wildman–Crippen MR) is 125 cm³/mol. The van der Waals surface area contributed by atoms with Crippen LogP contribution in [0.1, 0.15) is 16.1 Å². The van der Waals surface area contributed by atoms with E-state index in [4.69, 9.17) is 23.2 Å². The largest absolute Gasteiger partial charge is 0.477 e. The summed E-state index contributed by atoms with van der Waals surface area (Å²) in [7, 11) is 0. The van der Waals surface area contributed by atoms with E-state index in [1.807, 2.05) is 0 Å². The smallest absolute Gasteiger partial charge is 0.415 e. The number of carboxylic acids is 1. The number of allylic oxidation sites excluding steroid dienone is 3. The van der Waals surface area contributed by atoms with Gasteiger partial charge in [0.25, 0.3) is 0 Å². The number of nitrogens with one attached hydrogen (secondary N) is 1. The first-order valence-corrected chi connectivity index (χ1v) is 9.80. The third-order valence-corrected chi connectivity index (χ3v) is 4.49. The number of rotatable bonds is 9. The van der Waals surface area contributed by atoms with Gasteiger partial charge in [-0.3, -0.25) is 5.01 Å². The summed E-state index contributed by atoms with van der Waals surface area (Å²) < 4.78 is 51.4. The van der Waals surface area contributed by atoms with Crippen LogP contribution < -0.4 is 16.9 Å². The third kappa shape index (κ3) is 7.69. The summed E-state index contributed by atoms with van der Waals surface area (Å²) in [5, 5.41) is 12.5. The summed E-state index contributed by atoms with van der Waals surface area (Å²) >= 11 is 5.74. The lowest BCUT2D eigenvalue weighted by Gasteiger charge is -2.18. The number of alkyl halides is 3. The summed E-state index contributed by atoms with van der Waals surface area (Å²) in [5.74, 6) is 3.57. The number of aromatic carboxylic acids is 1. The van der Waals surface area contributed by atoms with Gasteiger partial charge in [-0.25, -0.2) is 25.0 Å². The molecule has 0 aliphatic heterocycles. The molecule has 0 saturated heterocycles. The van der Waals surface area contributed by atoms with E-state index < -0.39 is 23.5 Å². The topological polar surface area (TPSA) is 130 Å². The summed E-state index contributed by atoms with van der Waals surface area (Å²) in [6.45, 7) is 6.59. The molecule has 6 N–H and O–H groups in total. The minimum atomic E-state index is -4.67. The fourth-order valence-corrected chi connectivity index (χ4v) is 2.58. The second kappa shape index (κ2) is 11.3. The number of pyridine rings is 1. The van der Waals surface area contributed by atoms with Crippen LogP contribution in [0.2, 0.25) is 5.02 Å². The maximum Gasteiger partial charge on any atom is 0.415 e. The molecule has 0 fully saturated rings. The Labute approximate surface area is 202 Å². The van der Waals surface area contributed by atoms with Gasteiger partial charge in [0.2, 0.25) is 0 Å². The van der Waals surface area contributed by atoms with E-state index in [9.17, 15) is 27.5 Å². The van der Waals surface area contributed by atoms with Crippen LogP contribution in [0.4, 0.5) is 23.2 Å². The molecule has 0 aliphatic rings. The molecule has 2 rings (SSSR count). The number of hydrogen-bond acceptors (Lipinski definition) is 7. The van der Waals surface area contributed by atoms with Crippen molar-refractivity contribution in [2.24, 2.45) is 16.6 Å². The Hall–Kier alpha value is -4.16. The number of nitrogens with two attached hydrogens (primary N) is 2. The lowest BCUT2D eigenvalue weighted by Crippen LogP contribution is -2.31. The highest BCUT2D eigenvalue weighted by molar-refractivity contribution is 6.31. The van der Waals surface area contributed by atoms with Crippen LogP contribution >= 0.6 is 11.6 Å². The van der Waals surface area contributed by atoms with Crippen molar-refractivity contribution in [3.05, 3.63) is 101 Å². The van der Waals surface area contributed by atoms with Gasteiger partial charge in [-0.2, -0.15) is 13.2 Å². The molecular weight excluding hydrogens is 492 g/mol. The van der Waals surface area contributed by atoms with Crippen molar-refractivity contribution < 1.29 is 27.5 Å². The molecule has 1 heterocycles. The molecule has 2 aromatic rings. The minimum absolute atomic E-state index is 0.0276. The quantitative estimate of drug-likeness (QED) is 0.127. The van der Waals surface area contributed by atoms with Crippen molar-refractivity contribution in [3.8, 4) is 0 Å². The molecule has 35 heavy (non-hydrogen) atoms. The molecule has 0 amide bonds. The van der Waals surface area contributed by atoms with Crippen LogP contribution in [-0.4, -0.2) is 33.5 Å². The molecule has 1 aromatic heterocycles. The van der Waals surface area contributed by atoms with E-state index >= 15 is 0 Å². The Kier molecular flexibility index (Phi) is 8.75. The molecule has 184 valence electrons. The van der Waals surface area contributed by atoms with Gasteiger partial charge < -0.3 is 16.2 Å². The van der Waals surface area contributed by atoms with E-state index in [2.05, 4.69) is 28.5 Å². The second-order valence-electron chi connectivity index (χ2n) is 6.74. The zero-order valence-electron chi connectivity index (χ0n) is 17.9. The van der Waals surface area contributed by atoms with Gasteiger partial charge in [-0.05, 0) is 42.0 Å². The molecule has 0 spiro atoms. The highest BCUT2D eigenvalue weighted by Gasteiger charge is 2.30. The number of nitrogens with zero attached hydrogens (tertiary/aromatic N) is 3. The van der Waals surface area contributed by atoms with Gasteiger partial charge >= 0.3 is 12.1 Å². The summed E-state index contributed by atoms with van der Waals surface area (Å²) in [4.78, 5) is 19.1. The maximum atomic E-state index is 13.3. The molecule has 0 aliphatic carbocycles. The van der Waals surface area contributed by atoms with Gasteiger partial charge in [-0.1, -0.05) is 24.8 Å². The van der Waals surface area contributed by atoms with Crippen molar-refractivity contribution in [3.63, 3.8) is 0 Å². The number of anilines is 1. The van der Waals surface area contributed by atoms with Crippen LogP contribution in [-0.2, 0) is 0 Å². The predicted octanol–water partition coefficient (Wildman–Crippen LogP) is 4.66. The maximum absolute atomic E-state index is 13.3. The number of carbonyl (C=O) groups is 1. The summed E-state index contributed by atoms with van der Waals surface area (Å²) in [6.07, 6.45) is -0.894. The minimum Gasteiger partial charge on any atom is -0.477 e. The Morgan fingerprint density at radius 2 is 1.94 bits per heavy atom. The van der Waals surface area contributed by atoms with Gasteiger partial charge in [0.15, 0.2) is 0 Å². The Bertz CT molecular complexity index is 1240. The number of aliphatic imine (C=N–C) groups is 1. The van der Waals surface area contributed by atoms with Gasteiger partial charge in [0, 0.05) is 35.4 Å². The summed E-state index contributed by atoms with van der Waals surface area (Å²) in [5.41, 5.74) is 5.11. The molecule has 1 aromatic carbocycles. The number of benzene rings is 1. The Morgan fingerprint density at radius 3 is 2.54 bits per heavy atom. The monoisotopic (exact) mass is 510 g/mol. The second-order valence-corrected chi connectivity index (χ2v) is 7.15. The van der Waals surface area contributed by atoms with Crippen LogP contribution in [0, 0.1) is 5.82 Å². The van der Waals surface area contributed by atoms with Crippen LogP contribution in [0.25, 0.3) is 5.57 Å². The fraction of sp³-hybridized carbons (Fsp3) is 0.0455. The molecule has 8 nitrogen and oxygen atoms in total. The standard InChI is InChI=1S/C22H19ClF4N6O2/c1-12(22(25,26)27)6-8-33(29)20(28)16(14-5-7-30-19(9-14)21(34)35)11-31-13(2)32-15-3-4-18(24)17(23)10-15/h3-11,32H,1-2,28-29H2,(H,34,35)/b8-6-,20-16-,31-11-. The lowest BCUT2D eigenvalue weighted by atomic mass is 10.1. The first kappa shape index (κ1) is 27.1. The number of carboxylic acid groups (broad SMARTS) is 1. The zero-order chi connectivity index (χ0) is 26.3.